The minimum Gasteiger partial charge on any atom is -0.493 e. The SMILES string of the molecule is COCOC[C@@H]1Oc2ccc(/C=C/c3cc(OCOC)cc(OCOC)c3)cc2O[C@H]1c1cc(OC)c(OCOC)c(OC)c1. The molecule has 0 fully saturated rings. The lowest BCUT2D eigenvalue weighted by molar-refractivity contribution is -0.0868. The normalized spacial score (nSPS) is 15.6. The summed E-state index contributed by atoms with van der Waals surface area (Å²) in [4.78, 5) is 0. The monoisotopic (exact) mass is 628 g/mol. The molecule has 12 heteroatoms. The number of hydrogen-bond donors (Lipinski definition) is 0. The van der Waals surface area contributed by atoms with Gasteiger partial charge in [0.15, 0.2) is 55.6 Å². The molecule has 1 aliphatic rings. The second-order valence-corrected chi connectivity index (χ2v) is 9.66. The lowest BCUT2D eigenvalue weighted by Crippen LogP contribution is -2.37. The van der Waals surface area contributed by atoms with E-state index >= 15 is 0 Å². The summed E-state index contributed by atoms with van der Waals surface area (Å²) in [5.74, 6) is 3.66. The zero-order valence-electron chi connectivity index (χ0n) is 26.4. The van der Waals surface area contributed by atoms with Crippen LogP contribution in [0.25, 0.3) is 12.2 Å². The van der Waals surface area contributed by atoms with Crippen LogP contribution < -0.4 is 33.2 Å². The van der Waals surface area contributed by atoms with Crippen molar-refractivity contribution in [3.8, 4) is 40.2 Å². The fourth-order valence-electron chi connectivity index (χ4n) is 4.53. The highest BCUT2D eigenvalue weighted by atomic mass is 16.7. The lowest BCUT2D eigenvalue weighted by atomic mass is 10.0. The molecule has 0 aliphatic carbocycles. The quantitative estimate of drug-likeness (QED) is 0.103. The van der Waals surface area contributed by atoms with Crippen LogP contribution in [0, 0.1) is 0 Å². The summed E-state index contributed by atoms with van der Waals surface area (Å²) in [5, 5.41) is 0. The van der Waals surface area contributed by atoms with Crippen molar-refractivity contribution in [2.75, 3.05) is 76.4 Å². The van der Waals surface area contributed by atoms with Gasteiger partial charge in [0.2, 0.25) is 5.75 Å². The highest BCUT2D eigenvalue weighted by Crippen LogP contribution is 2.45. The van der Waals surface area contributed by atoms with Gasteiger partial charge in [-0.2, -0.15) is 0 Å². The van der Waals surface area contributed by atoms with Crippen LogP contribution >= 0.6 is 0 Å². The van der Waals surface area contributed by atoms with Gasteiger partial charge in [0.25, 0.3) is 0 Å². The second-order valence-electron chi connectivity index (χ2n) is 9.66. The van der Waals surface area contributed by atoms with Crippen LogP contribution in [0.4, 0.5) is 0 Å². The summed E-state index contributed by atoms with van der Waals surface area (Å²) in [5.41, 5.74) is 2.47. The molecule has 244 valence electrons. The number of fused-ring (bicyclic) bond motifs is 1. The molecule has 0 radical (unpaired) electrons. The fraction of sp³-hybridized carbons (Fsp3) is 0.394. The standard InChI is InChI=1S/C33H40O12/c1-34-18-40-17-31-32(24-14-29(38-5)33(43-21-37-4)30(15-24)39-6)45-28-13-22(9-10-27(28)44-31)7-8-23-11-25(41-19-35-2)16-26(12-23)42-20-36-3/h7-16,31-32H,17-21H2,1-6H3/b8-7+/t31-,32-/m0/s1. The van der Waals surface area contributed by atoms with E-state index in [0.717, 1.165) is 16.7 Å². The first-order valence-corrected chi connectivity index (χ1v) is 14.0. The Hall–Kier alpha value is -4.20. The van der Waals surface area contributed by atoms with E-state index in [-0.39, 0.29) is 33.8 Å². The van der Waals surface area contributed by atoms with Crippen molar-refractivity contribution >= 4 is 12.2 Å². The van der Waals surface area contributed by atoms with Gasteiger partial charge in [0, 0.05) is 40.1 Å². The van der Waals surface area contributed by atoms with Gasteiger partial charge >= 0.3 is 0 Å². The predicted molar refractivity (Wildman–Crippen MR) is 164 cm³/mol. The average Bonchev–Trinajstić information content (AvgIpc) is 3.07. The van der Waals surface area contributed by atoms with E-state index < -0.39 is 12.2 Å². The molecular formula is C33H40O12. The maximum absolute atomic E-state index is 6.58. The third-order valence-electron chi connectivity index (χ3n) is 6.51. The van der Waals surface area contributed by atoms with Crippen molar-refractivity contribution in [2.24, 2.45) is 0 Å². The van der Waals surface area contributed by atoms with Crippen LogP contribution in [0.2, 0.25) is 0 Å². The fourth-order valence-corrected chi connectivity index (χ4v) is 4.53. The van der Waals surface area contributed by atoms with Gasteiger partial charge in [-0.25, -0.2) is 0 Å². The van der Waals surface area contributed by atoms with Crippen molar-refractivity contribution in [3.05, 3.63) is 65.2 Å². The summed E-state index contributed by atoms with van der Waals surface area (Å²) < 4.78 is 67.1. The van der Waals surface area contributed by atoms with E-state index in [1.807, 2.05) is 54.6 Å². The molecule has 2 atom stereocenters. The summed E-state index contributed by atoms with van der Waals surface area (Å²) in [6.07, 6.45) is 2.81. The van der Waals surface area contributed by atoms with Gasteiger partial charge in [-0.1, -0.05) is 18.2 Å². The Balaban J connectivity index is 1.64. The minimum absolute atomic E-state index is 0.0260. The first kappa shape index (κ1) is 33.7. The molecule has 0 unspecified atom stereocenters. The van der Waals surface area contributed by atoms with E-state index in [0.29, 0.717) is 40.2 Å². The zero-order chi connectivity index (χ0) is 32.0. The first-order valence-electron chi connectivity index (χ1n) is 14.0. The molecule has 45 heavy (non-hydrogen) atoms. The van der Waals surface area contributed by atoms with Gasteiger partial charge in [-0.15, -0.1) is 0 Å². The van der Waals surface area contributed by atoms with E-state index in [4.69, 9.17) is 56.8 Å². The Morgan fingerprint density at radius 1 is 0.600 bits per heavy atom. The van der Waals surface area contributed by atoms with Crippen LogP contribution in [0.5, 0.6) is 40.2 Å². The highest BCUT2D eigenvalue weighted by Gasteiger charge is 2.35. The molecule has 0 aromatic heterocycles. The van der Waals surface area contributed by atoms with E-state index in [1.165, 1.54) is 7.11 Å². The lowest BCUT2D eigenvalue weighted by Gasteiger charge is -2.34. The van der Waals surface area contributed by atoms with Crippen molar-refractivity contribution in [2.45, 2.75) is 12.2 Å². The molecular weight excluding hydrogens is 588 g/mol. The molecule has 0 spiro atoms. The van der Waals surface area contributed by atoms with E-state index in [9.17, 15) is 0 Å². The molecule has 3 aromatic carbocycles. The molecule has 0 saturated carbocycles. The van der Waals surface area contributed by atoms with Gasteiger partial charge in [0.05, 0.1) is 20.8 Å². The summed E-state index contributed by atoms with van der Waals surface area (Å²) in [7, 11) is 9.32. The Morgan fingerprint density at radius 2 is 1.20 bits per heavy atom. The maximum Gasteiger partial charge on any atom is 0.206 e. The van der Waals surface area contributed by atoms with Crippen LogP contribution in [0.15, 0.2) is 48.5 Å². The van der Waals surface area contributed by atoms with E-state index in [1.54, 1.807) is 41.6 Å². The first-order chi connectivity index (χ1) is 22.0. The van der Waals surface area contributed by atoms with Gasteiger partial charge in [-0.3, -0.25) is 0 Å². The molecule has 1 aliphatic heterocycles. The minimum atomic E-state index is -0.581. The van der Waals surface area contributed by atoms with Crippen molar-refractivity contribution in [1.82, 2.24) is 0 Å². The number of hydrogen-bond acceptors (Lipinski definition) is 12. The number of ether oxygens (including phenoxy) is 12. The predicted octanol–water partition coefficient (Wildman–Crippen LogP) is 5.32. The molecule has 0 saturated heterocycles. The Kier molecular flexibility index (Phi) is 13.0. The van der Waals surface area contributed by atoms with Crippen molar-refractivity contribution < 1.29 is 56.8 Å². The Morgan fingerprint density at radius 3 is 1.80 bits per heavy atom. The molecule has 0 bridgehead atoms. The second kappa shape index (κ2) is 17.3. The number of methoxy groups -OCH3 is 6. The maximum atomic E-state index is 6.58. The average molecular weight is 629 g/mol. The van der Waals surface area contributed by atoms with E-state index in [2.05, 4.69) is 0 Å². The van der Waals surface area contributed by atoms with Crippen LogP contribution in [0.1, 0.15) is 22.8 Å². The van der Waals surface area contributed by atoms with Gasteiger partial charge in [0.1, 0.15) is 18.3 Å². The Bertz CT molecular complexity index is 1340. The number of benzene rings is 3. The summed E-state index contributed by atoms with van der Waals surface area (Å²) in [6, 6.07) is 14.9. The zero-order valence-corrected chi connectivity index (χ0v) is 26.4. The number of rotatable bonds is 18. The van der Waals surface area contributed by atoms with Gasteiger partial charge in [-0.05, 0) is 47.5 Å². The summed E-state index contributed by atoms with van der Waals surface area (Å²) in [6.45, 7) is 0.561. The van der Waals surface area contributed by atoms with Crippen LogP contribution in [0.3, 0.4) is 0 Å². The van der Waals surface area contributed by atoms with Crippen molar-refractivity contribution in [3.63, 3.8) is 0 Å². The smallest absolute Gasteiger partial charge is 0.206 e. The molecule has 4 rings (SSSR count). The topological polar surface area (TPSA) is 111 Å². The molecule has 1 heterocycles. The van der Waals surface area contributed by atoms with Crippen LogP contribution in [-0.4, -0.2) is 82.5 Å². The van der Waals surface area contributed by atoms with Gasteiger partial charge < -0.3 is 56.8 Å². The third-order valence-corrected chi connectivity index (χ3v) is 6.51. The summed E-state index contributed by atoms with van der Waals surface area (Å²) >= 11 is 0. The molecule has 12 nitrogen and oxygen atoms in total. The molecule has 0 amide bonds. The van der Waals surface area contributed by atoms with Crippen LogP contribution in [-0.2, 0) is 23.7 Å². The largest absolute Gasteiger partial charge is 0.493 e. The highest BCUT2D eigenvalue weighted by molar-refractivity contribution is 5.72. The molecule has 3 aromatic rings. The molecule has 0 N–H and O–H groups in total. The van der Waals surface area contributed by atoms with Crippen molar-refractivity contribution in [1.29, 1.82) is 0 Å². The Labute approximate surface area is 263 Å². The third kappa shape index (κ3) is 9.16.